The highest BCUT2D eigenvalue weighted by atomic mass is 15.1. The summed E-state index contributed by atoms with van der Waals surface area (Å²) in [4.78, 5) is 4.20. The summed E-state index contributed by atoms with van der Waals surface area (Å²) in [5.41, 5.74) is 1.47. The maximum Gasteiger partial charge on any atom is 0.0949 e. The molecule has 3 unspecified atom stereocenters. The smallest absolute Gasteiger partial charge is 0.0949 e. The van der Waals surface area contributed by atoms with E-state index in [9.17, 15) is 0 Å². The number of imidazole rings is 1. The first-order chi connectivity index (χ1) is 9.38. The minimum Gasteiger partial charge on any atom is -0.333 e. The summed E-state index contributed by atoms with van der Waals surface area (Å²) in [7, 11) is 2.07. The number of aromatic nitrogens is 2. The zero-order valence-corrected chi connectivity index (χ0v) is 11.4. The first-order valence-corrected chi connectivity index (χ1v) is 7.08. The van der Waals surface area contributed by atoms with Crippen LogP contribution in [0.1, 0.15) is 36.8 Å². The average molecular weight is 255 g/mol. The zero-order valence-electron chi connectivity index (χ0n) is 11.4. The molecule has 1 heterocycles. The molecular weight excluding hydrogens is 234 g/mol. The Hall–Kier alpha value is -1.61. The first-order valence-electron chi connectivity index (χ1n) is 7.08. The lowest BCUT2D eigenvalue weighted by Gasteiger charge is -2.37. The largest absolute Gasteiger partial charge is 0.333 e. The Labute approximate surface area is 114 Å². The van der Waals surface area contributed by atoms with Gasteiger partial charge >= 0.3 is 0 Å². The standard InChI is InChI=1S/C16H21N3/c1-17-15-8-7-14(13-5-3-2-4-6-13)11-16(15)19-10-9-18-12-19/h2-6,9-10,12,14-17H,7-8,11H2,1H3. The van der Waals surface area contributed by atoms with Crippen molar-refractivity contribution < 1.29 is 0 Å². The molecule has 3 heteroatoms. The van der Waals surface area contributed by atoms with Gasteiger partial charge in [-0.15, -0.1) is 0 Å². The third kappa shape index (κ3) is 2.56. The van der Waals surface area contributed by atoms with Crippen molar-refractivity contribution in [2.24, 2.45) is 0 Å². The van der Waals surface area contributed by atoms with Crippen molar-refractivity contribution in [1.82, 2.24) is 14.9 Å². The number of hydrogen-bond acceptors (Lipinski definition) is 2. The fraction of sp³-hybridized carbons (Fsp3) is 0.438. The third-order valence-corrected chi connectivity index (χ3v) is 4.37. The van der Waals surface area contributed by atoms with Crippen molar-refractivity contribution in [1.29, 1.82) is 0 Å². The van der Waals surface area contributed by atoms with Gasteiger partial charge in [0, 0.05) is 18.4 Å². The Bertz CT molecular complexity index is 492. The third-order valence-electron chi connectivity index (χ3n) is 4.37. The van der Waals surface area contributed by atoms with Crippen LogP contribution in [0.5, 0.6) is 0 Å². The summed E-state index contributed by atoms with van der Waals surface area (Å²) in [6.45, 7) is 0. The fourth-order valence-electron chi connectivity index (χ4n) is 3.31. The second-order valence-corrected chi connectivity index (χ2v) is 5.39. The number of likely N-dealkylation sites (N-methyl/N-ethyl adjacent to an activating group) is 1. The van der Waals surface area contributed by atoms with E-state index in [-0.39, 0.29) is 0 Å². The van der Waals surface area contributed by atoms with Crippen molar-refractivity contribution in [3.8, 4) is 0 Å². The van der Waals surface area contributed by atoms with Crippen LogP contribution in [-0.4, -0.2) is 22.6 Å². The van der Waals surface area contributed by atoms with Crippen LogP contribution in [0.15, 0.2) is 49.1 Å². The minimum absolute atomic E-state index is 0.506. The highest BCUT2D eigenvalue weighted by Gasteiger charge is 2.31. The maximum absolute atomic E-state index is 4.20. The molecule has 0 spiro atoms. The van der Waals surface area contributed by atoms with E-state index < -0.39 is 0 Å². The number of nitrogens with one attached hydrogen (secondary N) is 1. The van der Waals surface area contributed by atoms with E-state index in [1.165, 1.54) is 24.8 Å². The molecule has 0 aliphatic heterocycles. The van der Waals surface area contributed by atoms with Gasteiger partial charge in [0.1, 0.15) is 0 Å². The van der Waals surface area contributed by atoms with Crippen LogP contribution in [0.2, 0.25) is 0 Å². The molecule has 1 fully saturated rings. The predicted molar refractivity (Wildman–Crippen MR) is 77.1 cm³/mol. The van der Waals surface area contributed by atoms with Crippen LogP contribution in [0.25, 0.3) is 0 Å². The van der Waals surface area contributed by atoms with Gasteiger partial charge in [0.2, 0.25) is 0 Å². The fourth-order valence-corrected chi connectivity index (χ4v) is 3.31. The summed E-state index contributed by atoms with van der Waals surface area (Å²) in [6.07, 6.45) is 9.58. The lowest BCUT2D eigenvalue weighted by atomic mass is 9.78. The molecule has 0 amide bonds. The van der Waals surface area contributed by atoms with Crippen molar-refractivity contribution in [2.45, 2.75) is 37.3 Å². The van der Waals surface area contributed by atoms with Gasteiger partial charge in [-0.25, -0.2) is 4.98 Å². The Morgan fingerprint density at radius 3 is 2.74 bits per heavy atom. The van der Waals surface area contributed by atoms with Gasteiger partial charge in [0.05, 0.1) is 12.4 Å². The number of nitrogens with zero attached hydrogens (tertiary/aromatic N) is 2. The minimum atomic E-state index is 0.506. The number of rotatable bonds is 3. The Morgan fingerprint density at radius 1 is 1.21 bits per heavy atom. The molecule has 0 radical (unpaired) electrons. The SMILES string of the molecule is CNC1CCC(c2ccccc2)CC1n1ccnc1. The molecule has 1 aromatic carbocycles. The molecule has 1 aliphatic carbocycles. The molecule has 3 nitrogen and oxygen atoms in total. The number of benzene rings is 1. The first kappa shape index (κ1) is 12.4. The van der Waals surface area contributed by atoms with Gasteiger partial charge < -0.3 is 9.88 Å². The average Bonchev–Trinajstić information content (AvgIpc) is 3.01. The molecule has 100 valence electrons. The van der Waals surface area contributed by atoms with E-state index in [1.54, 1.807) is 0 Å². The van der Waals surface area contributed by atoms with Crippen LogP contribution >= 0.6 is 0 Å². The van der Waals surface area contributed by atoms with E-state index in [0.717, 1.165) is 0 Å². The highest BCUT2D eigenvalue weighted by molar-refractivity contribution is 5.20. The van der Waals surface area contributed by atoms with Gasteiger partial charge in [-0.2, -0.15) is 0 Å². The maximum atomic E-state index is 4.20. The lowest BCUT2D eigenvalue weighted by molar-refractivity contribution is 0.250. The van der Waals surface area contributed by atoms with E-state index in [1.807, 2.05) is 12.5 Å². The molecule has 1 aromatic heterocycles. The van der Waals surface area contributed by atoms with Gasteiger partial charge in [-0.05, 0) is 37.8 Å². The molecule has 3 rings (SSSR count). The van der Waals surface area contributed by atoms with Crippen LogP contribution in [0, 0.1) is 0 Å². The molecular formula is C16H21N3. The Balaban J connectivity index is 1.81. The molecule has 0 saturated heterocycles. The monoisotopic (exact) mass is 255 g/mol. The van der Waals surface area contributed by atoms with Crippen molar-refractivity contribution in [3.63, 3.8) is 0 Å². The van der Waals surface area contributed by atoms with E-state index in [2.05, 4.69) is 58.4 Å². The van der Waals surface area contributed by atoms with E-state index in [0.29, 0.717) is 18.0 Å². The quantitative estimate of drug-likeness (QED) is 0.913. The summed E-state index contributed by atoms with van der Waals surface area (Å²) < 4.78 is 2.26. The van der Waals surface area contributed by atoms with Crippen molar-refractivity contribution >= 4 is 0 Å². The van der Waals surface area contributed by atoms with Crippen molar-refractivity contribution in [3.05, 3.63) is 54.6 Å². The highest BCUT2D eigenvalue weighted by Crippen LogP contribution is 2.38. The van der Waals surface area contributed by atoms with Crippen LogP contribution in [-0.2, 0) is 0 Å². The summed E-state index contributed by atoms with van der Waals surface area (Å²) in [5, 5.41) is 3.47. The second kappa shape index (κ2) is 5.57. The Kier molecular flexibility index (Phi) is 3.65. The Morgan fingerprint density at radius 2 is 2.05 bits per heavy atom. The van der Waals surface area contributed by atoms with E-state index in [4.69, 9.17) is 0 Å². The molecule has 3 atom stereocenters. The molecule has 19 heavy (non-hydrogen) atoms. The van der Waals surface area contributed by atoms with Gasteiger partial charge in [0.15, 0.2) is 0 Å². The molecule has 0 bridgehead atoms. The van der Waals surface area contributed by atoms with Crippen molar-refractivity contribution in [2.75, 3.05) is 7.05 Å². The molecule has 1 aliphatic rings. The van der Waals surface area contributed by atoms with Gasteiger partial charge in [0.25, 0.3) is 0 Å². The summed E-state index contributed by atoms with van der Waals surface area (Å²) in [5.74, 6) is 0.665. The van der Waals surface area contributed by atoms with Crippen LogP contribution in [0.3, 0.4) is 0 Å². The second-order valence-electron chi connectivity index (χ2n) is 5.39. The summed E-state index contributed by atoms with van der Waals surface area (Å²) >= 11 is 0. The predicted octanol–water partition coefficient (Wildman–Crippen LogP) is 2.98. The molecule has 1 N–H and O–H groups in total. The number of hydrogen-bond donors (Lipinski definition) is 1. The molecule has 1 saturated carbocycles. The molecule has 2 aromatic rings. The lowest BCUT2D eigenvalue weighted by Crippen LogP contribution is -2.39. The normalized spacial score (nSPS) is 27.3. The van der Waals surface area contributed by atoms with Gasteiger partial charge in [-0.1, -0.05) is 30.3 Å². The zero-order chi connectivity index (χ0) is 13.1. The van der Waals surface area contributed by atoms with Crippen LogP contribution < -0.4 is 5.32 Å². The topological polar surface area (TPSA) is 29.9 Å². The van der Waals surface area contributed by atoms with Gasteiger partial charge in [-0.3, -0.25) is 0 Å². The van der Waals surface area contributed by atoms with E-state index >= 15 is 0 Å². The van der Waals surface area contributed by atoms with Crippen LogP contribution in [0.4, 0.5) is 0 Å². The summed E-state index contributed by atoms with van der Waals surface area (Å²) in [6, 6.07) is 12.0.